The summed E-state index contributed by atoms with van der Waals surface area (Å²) in [6.07, 6.45) is 0. The number of carbonyl (C=O) groups is 1. The van der Waals surface area contributed by atoms with Gasteiger partial charge in [0.05, 0.1) is 0 Å². The summed E-state index contributed by atoms with van der Waals surface area (Å²) in [6, 6.07) is 15.2. The number of nitrogens with zero attached hydrogens (tertiary/aromatic N) is 2. The number of carbonyl (C=O) groups excluding carboxylic acids is 1. The Bertz CT molecular complexity index is 640. The van der Waals surface area contributed by atoms with E-state index >= 15 is 0 Å². The van der Waals surface area contributed by atoms with Crippen molar-refractivity contribution in [3.05, 3.63) is 64.7 Å². The maximum absolute atomic E-state index is 12.5. The molecule has 2 rings (SSSR count). The molecule has 3 nitrogen and oxygen atoms in total. The molecule has 0 saturated heterocycles. The van der Waals surface area contributed by atoms with Crippen LogP contribution in [0.4, 0.5) is 5.69 Å². The Hall–Kier alpha value is -2.00. The number of amides is 1. The summed E-state index contributed by atoms with van der Waals surface area (Å²) < 4.78 is 0. The maximum Gasteiger partial charge on any atom is 0.253 e. The molecule has 0 bridgehead atoms. The van der Waals surface area contributed by atoms with Crippen molar-refractivity contribution in [1.29, 1.82) is 0 Å². The van der Waals surface area contributed by atoms with Gasteiger partial charge in [0.2, 0.25) is 0 Å². The molecule has 0 spiro atoms. The van der Waals surface area contributed by atoms with Crippen LogP contribution in [0.3, 0.4) is 0 Å². The Morgan fingerprint density at radius 3 is 2.43 bits per heavy atom. The van der Waals surface area contributed by atoms with Crippen molar-refractivity contribution < 1.29 is 4.79 Å². The molecule has 0 heterocycles. The number of hydrogen-bond donors (Lipinski definition) is 0. The van der Waals surface area contributed by atoms with Gasteiger partial charge in [-0.3, -0.25) is 4.79 Å². The third kappa shape index (κ3) is 3.76. The van der Waals surface area contributed by atoms with Crippen LogP contribution >= 0.6 is 11.6 Å². The van der Waals surface area contributed by atoms with Crippen LogP contribution in [-0.2, 0) is 6.54 Å². The Morgan fingerprint density at radius 2 is 1.76 bits per heavy atom. The maximum atomic E-state index is 12.5. The Labute approximate surface area is 130 Å². The lowest BCUT2D eigenvalue weighted by Crippen LogP contribution is -2.26. The topological polar surface area (TPSA) is 23.6 Å². The van der Waals surface area contributed by atoms with E-state index < -0.39 is 0 Å². The Balaban J connectivity index is 2.16. The van der Waals surface area contributed by atoms with E-state index in [1.807, 2.05) is 67.5 Å². The summed E-state index contributed by atoms with van der Waals surface area (Å²) in [5.74, 6) is -0.0152. The Kier molecular flexibility index (Phi) is 4.86. The minimum Gasteiger partial charge on any atom is -0.378 e. The zero-order valence-corrected chi connectivity index (χ0v) is 13.3. The average Bonchev–Trinajstić information content (AvgIpc) is 2.49. The first-order valence-corrected chi connectivity index (χ1v) is 7.13. The van der Waals surface area contributed by atoms with E-state index in [9.17, 15) is 4.79 Å². The second-order valence-corrected chi connectivity index (χ2v) is 5.60. The molecule has 0 radical (unpaired) electrons. The zero-order chi connectivity index (χ0) is 15.4. The average molecular weight is 303 g/mol. The quantitative estimate of drug-likeness (QED) is 0.860. The third-order valence-corrected chi connectivity index (χ3v) is 3.69. The standard InChI is InChI=1S/C17H19ClN2O/c1-19(2)15-9-6-8-13(11-15)17(21)20(3)12-14-7-4-5-10-16(14)18/h4-11H,12H2,1-3H3. The van der Waals surface area contributed by atoms with Crippen LogP contribution in [0.25, 0.3) is 0 Å². The summed E-state index contributed by atoms with van der Waals surface area (Å²) >= 11 is 6.14. The molecular weight excluding hydrogens is 284 g/mol. The van der Waals surface area contributed by atoms with Crippen LogP contribution in [0.2, 0.25) is 5.02 Å². The molecule has 1 amide bonds. The van der Waals surface area contributed by atoms with Gasteiger partial charge in [-0.1, -0.05) is 35.9 Å². The highest BCUT2D eigenvalue weighted by Gasteiger charge is 2.14. The highest BCUT2D eigenvalue weighted by molar-refractivity contribution is 6.31. The van der Waals surface area contributed by atoms with Crippen molar-refractivity contribution in [2.75, 3.05) is 26.0 Å². The van der Waals surface area contributed by atoms with Gasteiger partial charge in [0.1, 0.15) is 0 Å². The fourth-order valence-electron chi connectivity index (χ4n) is 2.09. The van der Waals surface area contributed by atoms with Gasteiger partial charge in [-0.2, -0.15) is 0 Å². The van der Waals surface area contributed by atoms with Crippen molar-refractivity contribution in [2.45, 2.75) is 6.54 Å². The number of hydrogen-bond acceptors (Lipinski definition) is 2. The van der Waals surface area contributed by atoms with E-state index in [0.29, 0.717) is 17.1 Å². The van der Waals surface area contributed by atoms with Gasteiger partial charge in [0.15, 0.2) is 0 Å². The molecule has 0 N–H and O–H groups in total. The number of rotatable bonds is 4. The minimum atomic E-state index is -0.0152. The lowest BCUT2D eigenvalue weighted by molar-refractivity contribution is 0.0785. The molecule has 0 aliphatic rings. The van der Waals surface area contributed by atoms with Gasteiger partial charge in [0.25, 0.3) is 5.91 Å². The molecule has 2 aromatic rings. The smallest absolute Gasteiger partial charge is 0.253 e. The van der Waals surface area contributed by atoms with Crippen LogP contribution in [0, 0.1) is 0 Å². The molecule has 2 aromatic carbocycles. The van der Waals surface area contributed by atoms with E-state index in [4.69, 9.17) is 11.6 Å². The molecule has 0 aliphatic carbocycles. The highest BCUT2D eigenvalue weighted by atomic mass is 35.5. The van der Waals surface area contributed by atoms with Gasteiger partial charge in [-0.15, -0.1) is 0 Å². The summed E-state index contributed by atoms with van der Waals surface area (Å²) in [6.45, 7) is 0.491. The molecule has 0 unspecified atom stereocenters. The van der Waals surface area contributed by atoms with Crippen LogP contribution in [0.1, 0.15) is 15.9 Å². The lowest BCUT2D eigenvalue weighted by atomic mass is 10.1. The Morgan fingerprint density at radius 1 is 1.05 bits per heavy atom. The molecule has 110 valence electrons. The van der Waals surface area contributed by atoms with E-state index in [1.165, 1.54) is 0 Å². The van der Waals surface area contributed by atoms with Crippen LogP contribution in [0.5, 0.6) is 0 Å². The van der Waals surface area contributed by atoms with Gasteiger partial charge < -0.3 is 9.80 Å². The van der Waals surface area contributed by atoms with Crippen LogP contribution < -0.4 is 4.90 Å². The fraction of sp³-hybridized carbons (Fsp3) is 0.235. The number of anilines is 1. The third-order valence-electron chi connectivity index (χ3n) is 3.32. The molecule has 4 heteroatoms. The second-order valence-electron chi connectivity index (χ2n) is 5.20. The normalized spacial score (nSPS) is 10.3. The summed E-state index contributed by atoms with van der Waals surface area (Å²) in [5.41, 5.74) is 2.63. The van der Waals surface area contributed by atoms with Gasteiger partial charge in [-0.05, 0) is 29.8 Å². The van der Waals surface area contributed by atoms with Crippen molar-refractivity contribution in [3.63, 3.8) is 0 Å². The minimum absolute atomic E-state index is 0.0152. The van der Waals surface area contributed by atoms with Gasteiger partial charge >= 0.3 is 0 Å². The van der Waals surface area contributed by atoms with E-state index in [-0.39, 0.29) is 5.91 Å². The van der Waals surface area contributed by atoms with Gasteiger partial charge in [0, 0.05) is 44.0 Å². The molecule has 21 heavy (non-hydrogen) atoms. The van der Waals surface area contributed by atoms with Crippen LogP contribution in [0.15, 0.2) is 48.5 Å². The summed E-state index contributed by atoms with van der Waals surface area (Å²) in [7, 11) is 5.70. The predicted octanol–water partition coefficient (Wildman–Crippen LogP) is 3.68. The van der Waals surface area contributed by atoms with Crippen molar-refractivity contribution in [1.82, 2.24) is 4.90 Å². The number of benzene rings is 2. The number of halogens is 1. The van der Waals surface area contributed by atoms with E-state index in [0.717, 1.165) is 11.3 Å². The van der Waals surface area contributed by atoms with Crippen molar-refractivity contribution in [2.24, 2.45) is 0 Å². The second kappa shape index (κ2) is 6.64. The van der Waals surface area contributed by atoms with Crippen molar-refractivity contribution in [3.8, 4) is 0 Å². The van der Waals surface area contributed by atoms with E-state index in [2.05, 4.69) is 0 Å². The molecule has 0 fully saturated rings. The van der Waals surface area contributed by atoms with Crippen molar-refractivity contribution >= 4 is 23.2 Å². The summed E-state index contributed by atoms with van der Waals surface area (Å²) in [5, 5.41) is 0.680. The fourth-order valence-corrected chi connectivity index (χ4v) is 2.29. The van der Waals surface area contributed by atoms with Gasteiger partial charge in [-0.25, -0.2) is 0 Å². The zero-order valence-electron chi connectivity index (χ0n) is 12.5. The van der Waals surface area contributed by atoms with E-state index in [1.54, 1.807) is 11.9 Å². The molecule has 0 aliphatic heterocycles. The first-order valence-electron chi connectivity index (χ1n) is 6.75. The first-order chi connectivity index (χ1) is 9.99. The first kappa shape index (κ1) is 15.4. The molecule has 0 atom stereocenters. The summed E-state index contributed by atoms with van der Waals surface area (Å²) in [4.78, 5) is 16.2. The van der Waals surface area contributed by atoms with Crippen LogP contribution in [-0.4, -0.2) is 32.0 Å². The largest absolute Gasteiger partial charge is 0.378 e. The molecule has 0 aromatic heterocycles. The SMILES string of the molecule is CN(Cc1ccccc1Cl)C(=O)c1cccc(N(C)C)c1. The highest BCUT2D eigenvalue weighted by Crippen LogP contribution is 2.19. The molecular formula is C17H19ClN2O. The lowest BCUT2D eigenvalue weighted by Gasteiger charge is -2.19. The molecule has 0 saturated carbocycles. The predicted molar refractivity (Wildman–Crippen MR) is 88.0 cm³/mol. The monoisotopic (exact) mass is 302 g/mol.